The highest BCUT2D eigenvalue weighted by Gasteiger charge is 2.64. The van der Waals surface area contributed by atoms with Gasteiger partial charge in [0.1, 0.15) is 30.1 Å². The van der Waals surface area contributed by atoms with E-state index < -0.39 is 52.1 Å². The number of carbonyl (C=O) groups is 4. The Morgan fingerprint density at radius 3 is 2.62 bits per heavy atom. The molecule has 0 saturated carbocycles. The number of thioether (sulfide) groups is 1. The van der Waals surface area contributed by atoms with Crippen LogP contribution in [0.25, 0.3) is 0 Å². The lowest BCUT2D eigenvalue weighted by atomic mass is 9.95. The highest BCUT2D eigenvalue weighted by atomic mass is 32.2. The molecule has 0 radical (unpaired) electrons. The van der Waals surface area contributed by atoms with Crippen molar-refractivity contribution in [3.63, 3.8) is 0 Å². The van der Waals surface area contributed by atoms with Crippen LogP contribution in [-0.4, -0.2) is 62.1 Å². The smallest absolute Gasteiger partial charge is 0.408 e. The van der Waals surface area contributed by atoms with E-state index >= 15 is 0 Å². The van der Waals surface area contributed by atoms with Gasteiger partial charge in [0.2, 0.25) is 11.8 Å². The number of carbonyl (C=O) groups excluding carboxylic acids is 3. The average Bonchev–Trinajstić information content (AvgIpc) is 3.08. The molecule has 3 N–H and O–H groups in total. The summed E-state index contributed by atoms with van der Waals surface area (Å²) in [4.78, 5) is 51.5. The minimum absolute atomic E-state index is 0.0519. The maximum atomic E-state index is 13.2. The average molecular weight is 486 g/mol. The quantitative estimate of drug-likeness (QED) is 0.506. The number of nitrogens with one attached hydrogen (secondary N) is 2. The fraction of sp³-hybridized carbons (Fsp3) is 0.417. The maximum absolute atomic E-state index is 13.2. The third-order valence-corrected chi connectivity index (χ3v) is 7.64. The van der Waals surface area contributed by atoms with Crippen molar-refractivity contribution < 1.29 is 29.0 Å². The summed E-state index contributed by atoms with van der Waals surface area (Å²) in [6.07, 6.45) is 6.34. The molecule has 1 aliphatic carbocycles. The van der Waals surface area contributed by atoms with E-state index in [0.29, 0.717) is 5.57 Å². The molecule has 2 heterocycles. The Kier molecular flexibility index (Phi) is 6.70. The largest absolute Gasteiger partial charge is 0.480 e. The van der Waals surface area contributed by atoms with Crippen molar-refractivity contribution in [3.05, 3.63) is 59.7 Å². The van der Waals surface area contributed by atoms with E-state index in [4.69, 9.17) is 4.74 Å². The van der Waals surface area contributed by atoms with Gasteiger partial charge in [-0.15, -0.1) is 11.8 Å². The van der Waals surface area contributed by atoms with Gasteiger partial charge in [0.05, 0.1) is 0 Å². The molecule has 180 valence electrons. The Morgan fingerprint density at radius 1 is 1.24 bits per heavy atom. The highest BCUT2D eigenvalue weighted by molar-refractivity contribution is 8.01. The first-order chi connectivity index (χ1) is 16.2. The van der Waals surface area contributed by atoms with Crippen molar-refractivity contribution in [1.82, 2.24) is 15.5 Å². The van der Waals surface area contributed by atoms with Crippen LogP contribution in [0.4, 0.5) is 4.79 Å². The molecule has 0 bridgehead atoms. The molecular weight excluding hydrogens is 458 g/mol. The van der Waals surface area contributed by atoms with Gasteiger partial charge in [-0.3, -0.25) is 9.59 Å². The van der Waals surface area contributed by atoms with E-state index in [9.17, 15) is 24.3 Å². The van der Waals surface area contributed by atoms with Crippen LogP contribution in [0.1, 0.15) is 32.3 Å². The van der Waals surface area contributed by atoms with Crippen molar-refractivity contribution >= 4 is 35.6 Å². The summed E-state index contributed by atoms with van der Waals surface area (Å²) >= 11 is 1.34. The number of amides is 3. The van der Waals surface area contributed by atoms with Gasteiger partial charge in [-0.25, -0.2) is 9.59 Å². The summed E-state index contributed by atoms with van der Waals surface area (Å²) in [6.45, 7) is 3.59. The summed E-state index contributed by atoms with van der Waals surface area (Å²) in [6, 6.07) is 6.30. The number of rotatable bonds is 7. The first-order valence-corrected chi connectivity index (χ1v) is 11.9. The second kappa shape index (κ2) is 9.54. The van der Waals surface area contributed by atoms with Crippen molar-refractivity contribution in [2.45, 2.75) is 61.5 Å². The molecule has 2 saturated heterocycles. The summed E-state index contributed by atoms with van der Waals surface area (Å²) in [7, 11) is 0. The zero-order chi connectivity index (χ0) is 24.5. The number of hydrogen-bond donors (Lipinski definition) is 3. The Labute approximate surface area is 201 Å². The number of aliphatic carboxylic acids is 1. The number of ether oxygens (including phenoxy) is 1. The van der Waals surface area contributed by atoms with E-state index in [2.05, 4.69) is 10.6 Å². The SMILES string of the molecule is CC1(C)S[C@@H]2[C@H](NC(=O)C(NC(=O)OCc3ccccc3)C3=CCCC=C3)C(=O)N2[C@H]1C(=O)O. The first-order valence-electron chi connectivity index (χ1n) is 11.1. The van der Waals surface area contributed by atoms with Crippen LogP contribution in [0.3, 0.4) is 0 Å². The lowest BCUT2D eigenvalue weighted by Crippen LogP contribution is -2.71. The van der Waals surface area contributed by atoms with Crippen LogP contribution >= 0.6 is 11.8 Å². The Balaban J connectivity index is 1.44. The number of hydrogen-bond acceptors (Lipinski definition) is 6. The standard InChI is InChI=1S/C24H27N3O6S/c1-24(2)18(22(30)31)27-20(29)17(21(27)34-24)25-19(28)16(15-11-7-4-8-12-15)26-23(32)33-13-14-9-5-3-6-10-14/h3,5-7,9-12,16-18,21H,4,8,13H2,1-2H3,(H,25,28)(H,26,32)(H,30,31)/t16?,17-,18+,21-/m1/s1. The molecule has 3 amide bonds. The molecule has 4 rings (SSSR count). The molecule has 1 unspecified atom stereocenters. The molecule has 4 atom stereocenters. The predicted molar refractivity (Wildman–Crippen MR) is 126 cm³/mol. The predicted octanol–water partition coefficient (Wildman–Crippen LogP) is 2.19. The third kappa shape index (κ3) is 4.68. The van der Waals surface area contributed by atoms with Crippen LogP contribution in [0.2, 0.25) is 0 Å². The fourth-order valence-corrected chi connectivity index (χ4v) is 6.04. The number of carboxylic acids is 1. The number of carboxylic acid groups (broad SMARTS) is 1. The van der Waals surface area contributed by atoms with Gasteiger partial charge < -0.3 is 25.4 Å². The van der Waals surface area contributed by atoms with Gasteiger partial charge in [0.15, 0.2) is 0 Å². The van der Waals surface area contributed by atoms with Crippen molar-refractivity contribution in [3.8, 4) is 0 Å². The zero-order valence-corrected chi connectivity index (χ0v) is 19.7. The van der Waals surface area contributed by atoms with Gasteiger partial charge in [-0.05, 0) is 37.8 Å². The minimum atomic E-state index is -1.07. The summed E-state index contributed by atoms with van der Waals surface area (Å²) in [5.74, 6) is -2.07. The number of allylic oxidation sites excluding steroid dienone is 2. The van der Waals surface area contributed by atoms with Crippen LogP contribution < -0.4 is 10.6 Å². The first kappa shape index (κ1) is 23.9. The normalized spacial score (nSPS) is 25.5. The number of fused-ring (bicyclic) bond motifs is 1. The topological polar surface area (TPSA) is 125 Å². The van der Waals surface area contributed by atoms with Crippen LogP contribution in [0, 0.1) is 0 Å². The monoisotopic (exact) mass is 485 g/mol. The lowest BCUT2D eigenvalue weighted by Gasteiger charge is -2.44. The van der Waals surface area contributed by atoms with E-state index in [1.54, 1.807) is 19.9 Å². The Morgan fingerprint density at radius 2 is 1.97 bits per heavy atom. The number of β-lactam (4-membered cyclic amide) rings is 1. The van der Waals surface area contributed by atoms with E-state index in [0.717, 1.165) is 18.4 Å². The second-order valence-electron chi connectivity index (χ2n) is 8.91. The highest BCUT2D eigenvalue weighted by Crippen LogP contribution is 2.50. The fourth-order valence-electron chi connectivity index (χ4n) is 4.41. The van der Waals surface area contributed by atoms with Crippen LogP contribution in [-0.2, 0) is 25.7 Å². The molecule has 3 aliphatic rings. The van der Waals surface area contributed by atoms with Crippen molar-refractivity contribution in [2.75, 3.05) is 0 Å². The number of nitrogens with zero attached hydrogens (tertiary/aromatic N) is 1. The van der Waals surface area contributed by atoms with Crippen LogP contribution in [0.5, 0.6) is 0 Å². The van der Waals surface area contributed by atoms with Gasteiger partial charge in [0, 0.05) is 4.75 Å². The molecule has 2 aliphatic heterocycles. The molecule has 0 spiro atoms. The molecular formula is C24H27N3O6S. The third-order valence-electron chi connectivity index (χ3n) is 6.07. The Bertz CT molecular complexity index is 1050. The van der Waals surface area contributed by atoms with E-state index in [-0.39, 0.29) is 6.61 Å². The van der Waals surface area contributed by atoms with E-state index in [1.165, 1.54) is 16.7 Å². The molecule has 9 nitrogen and oxygen atoms in total. The number of benzene rings is 1. The molecule has 10 heteroatoms. The Hall–Kier alpha value is -3.27. The molecule has 0 aromatic heterocycles. The van der Waals surface area contributed by atoms with Crippen molar-refractivity contribution in [2.24, 2.45) is 0 Å². The second-order valence-corrected chi connectivity index (χ2v) is 10.7. The lowest BCUT2D eigenvalue weighted by molar-refractivity contribution is -0.161. The number of alkyl carbamates (subject to hydrolysis) is 1. The van der Waals surface area contributed by atoms with Gasteiger partial charge >= 0.3 is 12.1 Å². The summed E-state index contributed by atoms with van der Waals surface area (Å²) in [5, 5.41) is 14.4. The molecule has 34 heavy (non-hydrogen) atoms. The van der Waals surface area contributed by atoms with E-state index in [1.807, 2.05) is 42.5 Å². The zero-order valence-electron chi connectivity index (χ0n) is 18.9. The minimum Gasteiger partial charge on any atom is -0.480 e. The van der Waals surface area contributed by atoms with Crippen molar-refractivity contribution in [1.29, 1.82) is 0 Å². The summed E-state index contributed by atoms with van der Waals surface area (Å²) < 4.78 is 4.58. The van der Waals surface area contributed by atoms with Crippen LogP contribution in [0.15, 0.2) is 54.1 Å². The molecule has 1 aromatic rings. The van der Waals surface area contributed by atoms with Gasteiger partial charge in [-0.1, -0.05) is 48.6 Å². The maximum Gasteiger partial charge on any atom is 0.408 e. The molecule has 2 fully saturated rings. The van der Waals surface area contributed by atoms with Gasteiger partial charge in [0.25, 0.3) is 0 Å². The van der Waals surface area contributed by atoms with Gasteiger partial charge in [-0.2, -0.15) is 0 Å². The molecule has 1 aromatic carbocycles. The summed E-state index contributed by atoms with van der Waals surface area (Å²) in [5.41, 5.74) is 1.41.